The van der Waals surface area contributed by atoms with Crippen molar-refractivity contribution in [1.29, 1.82) is 0 Å². The van der Waals surface area contributed by atoms with Gasteiger partial charge in [-0.3, -0.25) is 0 Å². The van der Waals surface area contributed by atoms with Crippen LogP contribution in [-0.2, 0) is 9.47 Å². The minimum Gasteiger partial charge on any atom is -0.348 e. The SMILES string of the molecule is CCCC1(CC/C=N\Sc2ccc(C)cc2)OCCO1. The highest BCUT2D eigenvalue weighted by molar-refractivity contribution is 7.98. The van der Waals surface area contributed by atoms with E-state index in [-0.39, 0.29) is 5.79 Å². The summed E-state index contributed by atoms with van der Waals surface area (Å²) in [5.74, 6) is -0.352. The lowest BCUT2D eigenvalue weighted by molar-refractivity contribution is -0.165. The molecular formula is C16H23NO2S. The van der Waals surface area contributed by atoms with E-state index in [0.29, 0.717) is 0 Å². The highest BCUT2D eigenvalue weighted by Crippen LogP contribution is 2.29. The Balaban J connectivity index is 1.74. The molecule has 1 heterocycles. The largest absolute Gasteiger partial charge is 0.348 e. The zero-order chi connectivity index (χ0) is 14.3. The summed E-state index contributed by atoms with van der Waals surface area (Å²) in [4.78, 5) is 1.17. The summed E-state index contributed by atoms with van der Waals surface area (Å²) >= 11 is 1.51. The minimum atomic E-state index is -0.352. The normalized spacial score (nSPS) is 17.9. The van der Waals surface area contributed by atoms with Crippen LogP contribution in [0.15, 0.2) is 33.6 Å². The zero-order valence-electron chi connectivity index (χ0n) is 12.3. The minimum absolute atomic E-state index is 0.352. The van der Waals surface area contributed by atoms with Gasteiger partial charge in [0.25, 0.3) is 0 Å². The molecule has 0 aliphatic carbocycles. The van der Waals surface area contributed by atoms with Crippen molar-refractivity contribution in [2.45, 2.75) is 50.2 Å². The first-order valence-corrected chi connectivity index (χ1v) is 8.05. The van der Waals surface area contributed by atoms with Gasteiger partial charge in [0, 0.05) is 35.9 Å². The molecule has 0 unspecified atom stereocenters. The molecule has 1 aromatic carbocycles. The van der Waals surface area contributed by atoms with E-state index < -0.39 is 0 Å². The summed E-state index contributed by atoms with van der Waals surface area (Å²) in [5.41, 5.74) is 1.27. The molecule has 4 heteroatoms. The maximum Gasteiger partial charge on any atom is 0.168 e. The van der Waals surface area contributed by atoms with Gasteiger partial charge >= 0.3 is 0 Å². The topological polar surface area (TPSA) is 30.8 Å². The van der Waals surface area contributed by atoms with Crippen molar-refractivity contribution in [2.75, 3.05) is 13.2 Å². The fourth-order valence-electron chi connectivity index (χ4n) is 2.33. The van der Waals surface area contributed by atoms with Gasteiger partial charge in [0.05, 0.1) is 13.2 Å². The van der Waals surface area contributed by atoms with Crippen LogP contribution in [0.1, 0.15) is 38.2 Å². The van der Waals surface area contributed by atoms with E-state index in [4.69, 9.17) is 9.47 Å². The van der Waals surface area contributed by atoms with Gasteiger partial charge in [0.15, 0.2) is 5.79 Å². The molecule has 110 valence electrons. The molecule has 20 heavy (non-hydrogen) atoms. The third-order valence-electron chi connectivity index (χ3n) is 3.35. The molecule has 3 nitrogen and oxygen atoms in total. The Kier molecular flexibility index (Phi) is 6.07. The highest BCUT2D eigenvalue weighted by atomic mass is 32.2. The molecule has 2 rings (SSSR count). The molecule has 0 amide bonds. The smallest absolute Gasteiger partial charge is 0.168 e. The molecule has 0 aromatic heterocycles. The van der Waals surface area contributed by atoms with Gasteiger partial charge in [-0.2, -0.15) is 0 Å². The molecule has 1 aromatic rings. The fourth-order valence-corrected chi connectivity index (χ4v) is 2.89. The highest BCUT2D eigenvalue weighted by Gasteiger charge is 2.34. The van der Waals surface area contributed by atoms with Crippen LogP contribution >= 0.6 is 11.9 Å². The standard InChI is InChI=1S/C16H23NO2S/c1-3-9-16(18-12-13-19-16)10-4-11-17-20-15-7-5-14(2)6-8-15/h5-8,11H,3-4,9-10,12-13H2,1-2H3/b17-11-. The zero-order valence-corrected chi connectivity index (χ0v) is 13.1. The van der Waals surface area contributed by atoms with E-state index in [0.717, 1.165) is 38.9 Å². The van der Waals surface area contributed by atoms with E-state index >= 15 is 0 Å². The summed E-state index contributed by atoms with van der Waals surface area (Å²) in [6, 6.07) is 8.40. The third kappa shape index (κ3) is 4.62. The predicted octanol–water partition coefficient (Wildman–Crippen LogP) is 4.40. The van der Waals surface area contributed by atoms with Gasteiger partial charge in [-0.15, -0.1) is 0 Å². The average Bonchev–Trinajstić information content (AvgIpc) is 2.90. The molecule has 0 saturated carbocycles. The molecule has 1 aliphatic heterocycles. The van der Waals surface area contributed by atoms with Crippen LogP contribution < -0.4 is 0 Å². The summed E-state index contributed by atoms with van der Waals surface area (Å²) in [6.45, 7) is 5.69. The lowest BCUT2D eigenvalue weighted by atomic mass is 10.1. The Morgan fingerprint density at radius 2 is 1.90 bits per heavy atom. The lowest BCUT2D eigenvalue weighted by Gasteiger charge is -2.26. The predicted molar refractivity (Wildman–Crippen MR) is 84.3 cm³/mol. The van der Waals surface area contributed by atoms with Crippen LogP contribution in [-0.4, -0.2) is 25.2 Å². The Morgan fingerprint density at radius 3 is 2.55 bits per heavy atom. The van der Waals surface area contributed by atoms with Crippen LogP contribution in [0.25, 0.3) is 0 Å². The molecule has 0 bridgehead atoms. The van der Waals surface area contributed by atoms with Crippen molar-refractivity contribution in [3.63, 3.8) is 0 Å². The summed E-state index contributed by atoms with van der Waals surface area (Å²) in [6.07, 6.45) is 5.78. The van der Waals surface area contributed by atoms with Crippen molar-refractivity contribution in [3.8, 4) is 0 Å². The fraction of sp³-hybridized carbons (Fsp3) is 0.562. The number of rotatable bonds is 7. The molecule has 1 saturated heterocycles. The molecule has 0 atom stereocenters. The number of nitrogens with zero attached hydrogens (tertiary/aromatic N) is 1. The van der Waals surface area contributed by atoms with Gasteiger partial charge in [0.1, 0.15) is 0 Å². The molecule has 1 fully saturated rings. The number of hydrogen-bond donors (Lipinski definition) is 0. The molecule has 0 N–H and O–H groups in total. The number of hydrogen-bond acceptors (Lipinski definition) is 4. The second-order valence-corrected chi connectivity index (χ2v) is 5.95. The number of ether oxygens (including phenoxy) is 2. The van der Waals surface area contributed by atoms with E-state index in [1.807, 2.05) is 6.21 Å². The van der Waals surface area contributed by atoms with Gasteiger partial charge in [0.2, 0.25) is 0 Å². The van der Waals surface area contributed by atoms with Crippen LogP contribution in [0.2, 0.25) is 0 Å². The van der Waals surface area contributed by atoms with Crippen molar-refractivity contribution in [1.82, 2.24) is 0 Å². The first-order valence-electron chi connectivity index (χ1n) is 7.27. The molecular weight excluding hydrogens is 270 g/mol. The van der Waals surface area contributed by atoms with Crippen LogP contribution in [0.3, 0.4) is 0 Å². The maximum atomic E-state index is 5.77. The Bertz CT molecular complexity index is 425. The number of benzene rings is 1. The Morgan fingerprint density at radius 1 is 1.20 bits per heavy atom. The summed E-state index contributed by atoms with van der Waals surface area (Å²) < 4.78 is 15.9. The van der Waals surface area contributed by atoms with Gasteiger partial charge in [-0.05, 0) is 25.5 Å². The van der Waals surface area contributed by atoms with Gasteiger partial charge in [-0.25, -0.2) is 4.40 Å². The quantitative estimate of drug-likeness (QED) is 0.551. The molecule has 0 radical (unpaired) electrons. The Hall–Kier alpha value is -0.840. The maximum absolute atomic E-state index is 5.77. The van der Waals surface area contributed by atoms with Crippen molar-refractivity contribution in [3.05, 3.63) is 29.8 Å². The van der Waals surface area contributed by atoms with Gasteiger partial charge in [-0.1, -0.05) is 31.0 Å². The van der Waals surface area contributed by atoms with E-state index in [1.54, 1.807) is 0 Å². The van der Waals surface area contributed by atoms with E-state index in [1.165, 1.54) is 22.4 Å². The van der Waals surface area contributed by atoms with Crippen LogP contribution in [0, 0.1) is 6.92 Å². The first kappa shape index (κ1) is 15.5. The van der Waals surface area contributed by atoms with Crippen molar-refractivity contribution >= 4 is 18.2 Å². The second-order valence-electron chi connectivity index (χ2n) is 5.09. The van der Waals surface area contributed by atoms with E-state index in [9.17, 15) is 0 Å². The lowest BCUT2D eigenvalue weighted by Crippen LogP contribution is -2.29. The average molecular weight is 293 g/mol. The summed E-state index contributed by atoms with van der Waals surface area (Å²) in [5, 5.41) is 0. The first-order chi connectivity index (χ1) is 9.74. The molecule has 1 aliphatic rings. The summed E-state index contributed by atoms with van der Waals surface area (Å²) in [7, 11) is 0. The van der Waals surface area contributed by atoms with Crippen LogP contribution in [0.4, 0.5) is 0 Å². The molecule has 0 spiro atoms. The number of aryl methyl sites for hydroxylation is 1. The van der Waals surface area contributed by atoms with Gasteiger partial charge < -0.3 is 9.47 Å². The third-order valence-corrected chi connectivity index (χ3v) is 4.09. The van der Waals surface area contributed by atoms with Crippen LogP contribution in [0.5, 0.6) is 0 Å². The Labute approximate surface area is 125 Å². The van der Waals surface area contributed by atoms with Crippen molar-refractivity contribution in [2.24, 2.45) is 4.40 Å². The van der Waals surface area contributed by atoms with E-state index in [2.05, 4.69) is 42.5 Å². The monoisotopic (exact) mass is 293 g/mol. The van der Waals surface area contributed by atoms with Crippen molar-refractivity contribution < 1.29 is 9.47 Å². The second kappa shape index (κ2) is 7.81.